The number of carbonyl (C=O) groups excluding carboxylic acids is 1. The Labute approximate surface area is 143 Å². The molecule has 0 saturated carbocycles. The lowest BCUT2D eigenvalue weighted by Gasteiger charge is -2.38. The molecule has 0 aliphatic carbocycles. The van der Waals surface area contributed by atoms with E-state index in [9.17, 15) is 4.79 Å². The highest BCUT2D eigenvalue weighted by Crippen LogP contribution is 2.41. The van der Waals surface area contributed by atoms with Crippen LogP contribution in [0.3, 0.4) is 0 Å². The summed E-state index contributed by atoms with van der Waals surface area (Å²) < 4.78 is 10.3. The zero-order valence-electron chi connectivity index (χ0n) is 15.0. The number of rotatable bonds is 6. The smallest absolute Gasteiger partial charge is 0.240 e. The van der Waals surface area contributed by atoms with Gasteiger partial charge < -0.3 is 14.2 Å². The Morgan fingerprint density at radius 3 is 2.75 bits per heavy atom. The largest absolute Gasteiger partial charge is 0.377 e. The molecule has 3 heterocycles. The molecule has 1 amide bonds. The van der Waals surface area contributed by atoms with Gasteiger partial charge in [0, 0.05) is 26.6 Å². The molecule has 7 heteroatoms. The van der Waals surface area contributed by atoms with Gasteiger partial charge in [0.15, 0.2) is 5.82 Å². The van der Waals surface area contributed by atoms with E-state index in [-0.39, 0.29) is 5.41 Å². The van der Waals surface area contributed by atoms with Crippen molar-refractivity contribution in [2.75, 3.05) is 33.3 Å². The van der Waals surface area contributed by atoms with E-state index in [2.05, 4.69) is 33.8 Å². The molecule has 0 atom stereocenters. The maximum Gasteiger partial charge on any atom is 0.240 e. The molecule has 0 unspecified atom stereocenters. The number of likely N-dealkylation sites (tertiary alicyclic amines) is 2. The minimum Gasteiger partial charge on any atom is -0.377 e. The Morgan fingerprint density at radius 2 is 2.08 bits per heavy atom. The van der Waals surface area contributed by atoms with Gasteiger partial charge in [0.2, 0.25) is 11.8 Å². The number of ether oxygens (including phenoxy) is 1. The molecule has 0 radical (unpaired) electrons. The van der Waals surface area contributed by atoms with Gasteiger partial charge in [-0.25, -0.2) is 0 Å². The number of piperidine rings is 1. The van der Waals surface area contributed by atoms with Crippen LogP contribution in [0.15, 0.2) is 4.52 Å². The summed E-state index contributed by atoms with van der Waals surface area (Å²) in [5.41, 5.74) is 0.179. The van der Waals surface area contributed by atoms with Gasteiger partial charge in [-0.2, -0.15) is 4.98 Å². The average Bonchev–Trinajstić information content (AvgIpc) is 3.07. The van der Waals surface area contributed by atoms with Crippen molar-refractivity contribution in [3.63, 3.8) is 0 Å². The third-order valence-corrected chi connectivity index (χ3v) is 5.05. The lowest BCUT2D eigenvalue weighted by Crippen LogP contribution is -2.41. The van der Waals surface area contributed by atoms with Crippen LogP contribution in [-0.4, -0.2) is 59.1 Å². The van der Waals surface area contributed by atoms with E-state index in [4.69, 9.17) is 9.26 Å². The number of carbonyl (C=O) groups is 1. The maximum atomic E-state index is 12.3. The highest BCUT2D eigenvalue weighted by Gasteiger charge is 2.44. The van der Waals surface area contributed by atoms with Gasteiger partial charge in [0.05, 0.1) is 6.54 Å². The first-order valence-electron chi connectivity index (χ1n) is 8.80. The summed E-state index contributed by atoms with van der Waals surface area (Å²) in [5, 5.41) is 3.90. The van der Waals surface area contributed by atoms with Gasteiger partial charge in [-0.3, -0.25) is 9.69 Å². The van der Waals surface area contributed by atoms with Crippen LogP contribution in [0.4, 0.5) is 0 Å². The third-order valence-electron chi connectivity index (χ3n) is 5.05. The van der Waals surface area contributed by atoms with E-state index in [1.165, 1.54) is 0 Å². The van der Waals surface area contributed by atoms with Crippen molar-refractivity contribution >= 4 is 5.91 Å². The van der Waals surface area contributed by atoms with E-state index >= 15 is 0 Å². The molecule has 24 heavy (non-hydrogen) atoms. The molecular formula is C17H28N4O3. The fourth-order valence-electron chi connectivity index (χ4n) is 3.84. The van der Waals surface area contributed by atoms with Crippen molar-refractivity contribution in [2.24, 2.45) is 11.3 Å². The Hall–Kier alpha value is -1.47. The molecule has 1 spiro atoms. The summed E-state index contributed by atoms with van der Waals surface area (Å²) in [6.07, 6.45) is 2.84. The summed E-state index contributed by atoms with van der Waals surface area (Å²) in [4.78, 5) is 21.0. The van der Waals surface area contributed by atoms with Crippen molar-refractivity contribution in [3.8, 4) is 0 Å². The van der Waals surface area contributed by atoms with Crippen LogP contribution in [0, 0.1) is 11.3 Å². The average molecular weight is 336 g/mol. The van der Waals surface area contributed by atoms with E-state index < -0.39 is 0 Å². The van der Waals surface area contributed by atoms with Crippen molar-refractivity contribution in [2.45, 2.75) is 46.3 Å². The molecule has 7 nitrogen and oxygen atoms in total. The normalized spacial score (nSPS) is 21.3. The first-order valence-corrected chi connectivity index (χ1v) is 8.80. The number of aromatic nitrogens is 2. The summed E-state index contributed by atoms with van der Waals surface area (Å²) in [6.45, 7) is 9.16. The quantitative estimate of drug-likeness (QED) is 0.787. The molecule has 0 N–H and O–H groups in total. The fraction of sp³-hybridized carbons (Fsp3) is 0.824. The molecule has 3 rings (SSSR count). The second kappa shape index (κ2) is 7.19. The Bertz CT molecular complexity index is 564. The van der Waals surface area contributed by atoms with Crippen LogP contribution in [0.5, 0.6) is 0 Å². The van der Waals surface area contributed by atoms with Gasteiger partial charge in [0.25, 0.3) is 0 Å². The summed E-state index contributed by atoms with van der Waals surface area (Å²) in [5.74, 6) is 2.09. The molecule has 2 saturated heterocycles. The van der Waals surface area contributed by atoms with Gasteiger partial charge in [0.1, 0.15) is 6.61 Å². The highest BCUT2D eigenvalue weighted by molar-refractivity contribution is 5.79. The zero-order valence-corrected chi connectivity index (χ0v) is 15.0. The maximum absolute atomic E-state index is 12.3. The topological polar surface area (TPSA) is 71.7 Å². The lowest BCUT2D eigenvalue weighted by molar-refractivity contribution is -0.128. The number of nitrogens with zero attached hydrogens (tertiary/aromatic N) is 4. The molecule has 1 aromatic rings. The Kier molecular flexibility index (Phi) is 5.20. The van der Waals surface area contributed by atoms with Gasteiger partial charge in [-0.1, -0.05) is 19.0 Å². The summed E-state index contributed by atoms with van der Waals surface area (Å²) in [7, 11) is 1.62. The Morgan fingerprint density at radius 1 is 1.33 bits per heavy atom. The summed E-state index contributed by atoms with van der Waals surface area (Å²) in [6, 6.07) is 0. The van der Waals surface area contributed by atoms with Crippen molar-refractivity contribution in [1.29, 1.82) is 0 Å². The zero-order chi connectivity index (χ0) is 17.2. The monoisotopic (exact) mass is 336 g/mol. The number of hydrogen-bond donors (Lipinski definition) is 0. The van der Waals surface area contributed by atoms with E-state index in [1.807, 2.05) is 0 Å². The Balaban J connectivity index is 1.51. The first kappa shape index (κ1) is 17.4. The lowest BCUT2D eigenvalue weighted by atomic mass is 9.77. The molecular weight excluding hydrogens is 308 g/mol. The molecule has 134 valence electrons. The predicted octanol–water partition coefficient (Wildman–Crippen LogP) is 1.69. The molecule has 2 aliphatic heterocycles. The van der Waals surface area contributed by atoms with Crippen molar-refractivity contribution < 1.29 is 14.1 Å². The van der Waals surface area contributed by atoms with E-state index in [0.717, 1.165) is 39.0 Å². The number of hydrogen-bond acceptors (Lipinski definition) is 6. The van der Waals surface area contributed by atoms with Crippen LogP contribution in [0.2, 0.25) is 0 Å². The van der Waals surface area contributed by atoms with E-state index in [1.54, 1.807) is 7.11 Å². The van der Waals surface area contributed by atoms with Crippen LogP contribution >= 0.6 is 0 Å². The minimum absolute atomic E-state index is 0.179. The van der Waals surface area contributed by atoms with Crippen LogP contribution in [0.1, 0.15) is 44.8 Å². The molecule has 2 aliphatic rings. The second-order valence-electron chi connectivity index (χ2n) is 7.66. The second-order valence-corrected chi connectivity index (χ2v) is 7.66. The van der Waals surface area contributed by atoms with Crippen LogP contribution < -0.4 is 0 Å². The van der Waals surface area contributed by atoms with E-state index in [0.29, 0.717) is 43.1 Å². The molecule has 0 bridgehead atoms. The first-order chi connectivity index (χ1) is 11.5. The van der Waals surface area contributed by atoms with Crippen molar-refractivity contribution in [1.82, 2.24) is 19.9 Å². The summed E-state index contributed by atoms with van der Waals surface area (Å²) >= 11 is 0. The predicted molar refractivity (Wildman–Crippen MR) is 88.0 cm³/mol. The number of amides is 1. The van der Waals surface area contributed by atoms with Gasteiger partial charge >= 0.3 is 0 Å². The SMILES string of the molecule is COCc1noc(CN2CCC3(CC2)CC(=O)N(CC(C)C)C3)n1. The standard InChI is InChI=1S/C17H28N4O3/c1-13(2)9-21-12-17(8-16(21)22)4-6-20(7-5-17)10-15-18-14(11-23-3)19-24-15/h13H,4-12H2,1-3H3. The molecule has 0 aromatic carbocycles. The molecule has 2 fully saturated rings. The fourth-order valence-corrected chi connectivity index (χ4v) is 3.84. The highest BCUT2D eigenvalue weighted by atomic mass is 16.5. The van der Waals surface area contributed by atoms with Crippen molar-refractivity contribution in [3.05, 3.63) is 11.7 Å². The molecule has 1 aromatic heterocycles. The van der Waals surface area contributed by atoms with Gasteiger partial charge in [-0.15, -0.1) is 0 Å². The number of methoxy groups -OCH3 is 1. The third kappa shape index (κ3) is 3.95. The van der Waals surface area contributed by atoms with Crippen LogP contribution in [-0.2, 0) is 22.7 Å². The van der Waals surface area contributed by atoms with Gasteiger partial charge in [-0.05, 0) is 37.3 Å². The van der Waals surface area contributed by atoms with Crippen LogP contribution in [0.25, 0.3) is 0 Å². The minimum atomic E-state index is 0.179.